The Morgan fingerprint density at radius 1 is 1.23 bits per heavy atom. The molecule has 0 spiro atoms. The first-order valence-electron chi connectivity index (χ1n) is 11.8. The average molecular weight is 615 g/mol. The Hall–Kier alpha value is -3.90. The van der Waals surface area contributed by atoms with Crippen LogP contribution in [0, 0.1) is 6.92 Å². The van der Waals surface area contributed by atoms with Gasteiger partial charge in [-0.1, -0.05) is 11.3 Å². The van der Waals surface area contributed by atoms with Crippen molar-refractivity contribution >= 4 is 55.8 Å². The number of aryl methyl sites for hydroxylation is 1. The van der Waals surface area contributed by atoms with Gasteiger partial charge < -0.3 is 24.4 Å². The third kappa shape index (κ3) is 4.43. The number of thiazole rings is 1. The van der Waals surface area contributed by atoms with E-state index < -0.39 is 23.7 Å². The van der Waals surface area contributed by atoms with Gasteiger partial charge in [0.15, 0.2) is 16.6 Å². The summed E-state index contributed by atoms with van der Waals surface area (Å²) in [6.45, 7) is 3.52. The molecule has 1 fully saturated rings. The van der Waals surface area contributed by atoms with Crippen LogP contribution >= 0.6 is 27.3 Å². The van der Waals surface area contributed by atoms with E-state index in [0.29, 0.717) is 29.0 Å². The number of amides is 1. The fourth-order valence-electron chi connectivity index (χ4n) is 4.74. The molecule has 5 rings (SSSR count). The van der Waals surface area contributed by atoms with Crippen molar-refractivity contribution < 1.29 is 38.8 Å². The van der Waals surface area contributed by atoms with E-state index in [1.807, 2.05) is 6.92 Å². The molecule has 202 valence electrons. The highest BCUT2D eigenvalue weighted by Crippen LogP contribution is 2.47. The van der Waals surface area contributed by atoms with Crippen LogP contribution in [0.3, 0.4) is 0 Å². The quantitative estimate of drug-likeness (QED) is 0.182. The van der Waals surface area contributed by atoms with E-state index in [-0.39, 0.29) is 43.4 Å². The van der Waals surface area contributed by atoms with E-state index in [4.69, 9.17) is 14.2 Å². The first-order chi connectivity index (χ1) is 18.5. The third-order valence-electron chi connectivity index (χ3n) is 6.56. The fourth-order valence-corrected chi connectivity index (χ4v) is 6.22. The van der Waals surface area contributed by atoms with Crippen LogP contribution in [0.5, 0.6) is 17.2 Å². The summed E-state index contributed by atoms with van der Waals surface area (Å²) in [6, 6.07) is 6.90. The van der Waals surface area contributed by atoms with Crippen LogP contribution in [-0.2, 0) is 20.7 Å². The van der Waals surface area contributed by atoms with Crippen LogP contribution in [0.1, 0.15) is 45.0 Å². The number of aliphatic hydroxyl groups is 1. The predicted octanol–water partition coefficient (Wildman–Crippen LogP) is 4.66. The number of halogens is 1. The third-order valence-corrected chi connectivity index (χ3v) is 8.30. The van der Waals surface area contributed by atoms with Gasteiger partial charge in [-0.25, -0.2) is 9.78 Å². The number of aliphatic hydroxyl groups excluding tert-OH is 1. The number of aromatic hydroxyl groups is 1. The summed E-state index contributed by atoms with van der Waals surface area (Å²) >= 11 is 4.18. The molecule has 2 unspecified atom stereocenters. The van der Waals surface area contributed by atoms with Crippen molar-refractivity contribution in [2.45, 2.75) is 32.4 Å². The summed E-state index contributed by atoms with van der Waals surface area (Å²) in [5.41, 5.74) is 1.69. The number of rotatable bonds is 5. The Labute approximate surface area is 235 Å². The molecule has 2 atom stereocenters. The van der Waals surface area contributed by atoms with E-state index in [1.165, 1.54) is 26.4 Å². The first kappa shape index (κ1) is 26.7. The number of aromatic nitrogens is 1. The van der Waals surface area contributed by atoms with Crippen LogP contribution in [0.2, 0.25) is 0 Å². The molecule has 2 aliphatic rings. The molecule has 0 aliphatic carbocycles. The number of hydrogen-bond donors (Lipinski definition) is 2. The number of ketones is 1. The number of esters is 1. The molecule has 0 saturated carbocycles. The molecular weight excluding hydrogens is 592 g/mol. The van der Waals surface area contributed by atoms with Gasteiger partial charge in [-0.3, -0.25) is 14.5 Å². The number of benzene rings is 2. The normalized spacial score (nSPS) is 19.7. The van der Waals surface area contributed by atoms with Gasteiger partial charge in [0, 0.05) is 12.0 Å². The average Bonchev–Trinajstić information content (AvgIpc) is 3.56. The smallest absolute Gasteiger partial charge is 0.350 e. The zero-order valence-electron chi connectivity index (χ0n) is 21.3. The fraction of sp³-hybridized carbons (Fsp3) is 0.259. The lowest BCUT2D eigenvalue weighted by molar-refractivity contribution is -0.132. The van der Waals surface area contributed by atoms with Crippen molar-refractivity contribution in [3.05, 3.63) is 67.6 Å². The van der Waals surface area contributed by atoms with Gasteiger partial charge in [-0.2, -0.15) is 0 Å². The number of phenolic OH excluding ortho intramolecular Hbond substituents is 1. The SMILES string of the molecule is COC(=O)c1sc(N2C(=O)C(=O)/C(=C(\O)c3ccc4c(c3)CC(C)O4)C2c2cc(Br)c(O)c(OC)c2)nc1C. The van der Waals surface area contributed by atoms with Gasteiger partial charge in [0.25, 0.3) is 5.78 Å². The van der Waals surface area contributed by atoms with Crippen LogP contribution in [0.25, 0.3) is 5.76 Å². The molecule has 1 aromatic heterocycles. The molecule has 1 saturated heterocycles. The van der Waals surface area contributed by atoms with Crippen molar-refractivity contribution in [2.75, 3.05) is 19.1 Å². The molecule has 12 heteroatoms. The summed E-state index contributed by atoms with van der Waals surface area (Å²) in [5, 5.41) is 22.0. The van der Waals surface area contributed by atoms with Crippen molar-refractivity contribution in [3.63, 3.8) is 0 Å². The Bertz CT molecular complexity index is 1580. The van der Waals surface area contributed by atoms with Crippen molar-refractivity contribution in [1.82, 2.24) is 4.98 Å². The minimum absolute atomic E-state index is 0.0260. The van der Waals surface area contributed by atoms with Gasteiger partial charge in [0.05, 0.1) is 36.0 Å². The molecule has 1 amide bonds. The van der Waals surface area contributed by atoms with Crippen molar-refractivity contribution in [2.24, 2.45) is 0 Å². The van der Waals surface area contributed by atoms with E-state index >= 15 is 0 Å². The maximum Gasteiger partial charge on any atom is 0.350 e. The van der Waals surface area contributed by atoms with Crippen LogP contribution in [0.15, 0.2) is 40.4 Å². The molecule has 2 aromatic carbocycles. The number of fused-ring (bicyclic) bond motifs is 1. The number of carbonyl (C=O) groups is 3. The number of phenols is 1. The van der Waals surface area contributed by atoms with Crippen LogP contribution < -0.4 is 14.4 Å². The highest BCUT2D eigenvalue weighted by atomic mass is 79.9. The first-order valence-corrected chi connectivity index (χ1v) is 13.4. The Morgan fingerprint density at radius 3 is 2.67 bits per heavy atom. The lowest BCUT2D eigenvalue weighted by Crippen LogP contribution is -2.29. The molecule has 10 nitrogen and oxygen atoms in total. The lowest BCUT2D eigenvalue weighted by Gasteiger charge is -2.24. The molecule has 2 N–H and O–H groups in total. The standard InChI is InChI=1S/C27H23BrN2O8S/c1-11-7-14-8-13(5-6-17(14)38-11)21(31)19-20(15-9-16(28)22(32)18(10-15)36-3)30(25(34)23(19)33)27-29-12(2)24(39-27)26(35)37-4/h5-6,8-11,20,31-32H,7H2,1-4H3/b21-19-. The van der Waals surface area contributed by atoms with Crippen LogP contribution in [0.4, 0.5) is 5.13 Å². The van der Waals surface area contributed by atoms with E-state index in [0.717, 1.165) is 21.8 Å². The molecule has 3 aromatic rings. The van der Waals surface area contributed by atoms with Gasteiger partial charge in [0.2, 0.25) is 0 Å². The maximum absolute atomic E-state index is 13.5. The topological polar surface area (TPSA) is 135 Å². The molecule has 3 heterocycles. The molecule has 0 radical (unpaired) electrons. The molecule has 2 aliphatic heterocycles. The molecule has 0 bridgehead atoms. The number of nitrogens with zero attached hydrogens (tertiary/aromatic N) is 2. The van der Waals surface area contributed by atoms with Crippen molar-refractivity contribution in [3.8, 4) is 17.2 Å². The number of ether oxygens (including phenoxy) is 3. The predicted molar refractivity (Wildman–Crippen MR) is 146 cm³/mol. The summed E-state index contributed by atoms with van der Waals surface area (Å²) in [7, 11) is 2.60. The number of methoxy groups -OCH3 is 2. The Morgan fingerprint density at radius 2 is 1.97 bits per heavy atom. The summed E-state index contributed by atoms with van der Waals surface area (Å²) in [4.78, 5) is 45.0. The molecule has 39 heavy (non-hydrogen) atoms. The van der Waals surface area contributed by atoms with E-state index in [9.17, 15) is 24.6 Å². The maximum atomic E-state index is 13.5. The van der Waals surface area contributed by atoms with Gasteiger partial charge in [0.1, 0.15) is 22.5 Å². The molecular formula is C27H23BrN2O8S. The lowest BCUT2D eigenvalue weighted by atomic mass is 9.94. The summed E-state index contributed by atoms with van der Waals surface area (Å²) in [5.74, 6) is -2.29. The van der Waals surface area contributed by atoms with Crippen molar-refractivity contribution in [1.29, 1.82) is 0 Å². The van der Waals surface area contributed by atoms with Gasteiger partial charge in [-0.15, -0.1) is 0 Å². The van der Waals surface area contributed by atoms with Crippen LogP contribution in [-0.4, -0.2) is 53.2 Å². The highest BCUT2D eigenvalue weighted by molar-refractivity contribution is 9.10. The minimum atomic E-state index is -1.16. The second-order valence-electron chi connectivity index (χ2n) is 9.08. The van der Waals surface area contributed by atoms with E-state index in [1.54, 1.807) is 25.1 Å². The van der Waals surface area contributed by atoms with Gasteiger partial charge in [-0.05, 0) is 71.2 Å². The summed E-state index contributed by atoms with van der Waals surface area (Å²) < 4.78 is 16.1. The Balaban J connectivity index is 1.73. The highest BCUT2D eigenvalue weighted by Gasteiger charge is 2.49. The van der Waals surface area contributed by atoms with Gasteiger partial charge >= 0.3 is 11.9 Å². The van der Waals surface area contributed by atoms with E-state index in [2.05, 4.69) is 20.9 Å². The second-order valence-corrected chi connectivity index (χ2v) is 10.9. The monoisotopic (exact) mass is 614 g/mol. The minimum Gasteiger partial charge on any atom is -0.507 e. The second kappa shape index (κ2) is 10.0. The zero-order chi connectivity index (χ0) is 28.2. The summed E-state index contributed by atoms with van der Waals surface area (Å²) in [6.07, 6.45) is 0.604. The Kier molecular flexibility index (Phi) is 6.85. The largest absolute Gasteiger partial charge is 0.507 e. The number of anilines is 1. The zero-order valence-corrected chi connectivity index (χ0v) is 23.7. The number of Topliss-reactive ketones (excluding diaryl/α,β-unsaturated/α-hetero) is 1. The number of hydrogen-bond acceptors (Lipinski definition) is 10. The number of carbonyl (C=O) groups excluding carboxylic acids is 3.